The zero-order valence-electron chi connectivity index (χ0n) is 10.8. The summed E-state index contributed by atoms with van der Waals surface area (Å²) >= 11 is 12.0. The molecule has 102 valence electrons. The molecule has 18 heavy (non-hydrogen) atoms. The second-order valence-electron chi connectivity index (χ2n) is 3.48. The third-order valence-corrected chi connectivity index (χ3v) is 6.04. The Bertz CT molecular complexity index is 371. The fraction of sp³-hybridized carbons (Fsp3) is 0.500. The number of hydrogen-bond donors (Lipinski definition) is 0. The molecular formula is C12H18Cl2O3Si. The van der Waals surface area contributed by atoms with Crippen LogP contribution in [0, 0.1) is 0 Å². The van der Waals surface area contributed by atoms with Crippen LogP contribution in [0.5, 0.6) is 0 Å². The van der Waals surface area contributed by atoms with Gasteiger partial charge in [0.1, 0.15) is 0 Å². The van der Waals surface area contributed by atoms with Crippen LogP contribution in [0.15, 0.2) is 18.2 Å². The van der Waals surface area contributed by atoms with E-state index in [4.69, 9.17) is 36.5 Å². The lowest BCUT2D eigenvalue weighted by Gasteiger charge is -2.28. The van der Waals surface area contributed by atoms with Gasteiger partial charge in [-0.3, -0.25) is 0 Å². The van der Waals surface area contributed by atoms with Crippen molar-refractivity contribution in [3.05, 3.63) is 28.2 Å². The fourth-order valence-corrected chi connectivity index (χ4v) is 4.52. The maximum absolute atomic E-state index is 6.04. The highest BCUT2D eigenvalue weighted by molar-refractivity contribution is 6.75. The van der Waals surface area contributed by atoms with E-state index in [0.717, 1.165) is 5.19 Å². The van der Waals surface area contributed by atoms with Gasteiger partial charge in [0.2, 0.25) is 0 Å². The summed E-state index contributed by atoms with van der Waals surface area (Å²) in [6.45, 7) is 7.30. The molecule has 0 radical (unpaired) electrons. The number of hydrogen-bond acceptors (Lipinski definition) is 3. The first-order valence-electron chi connectivity index (χ1n) is 5.97. The molecule has 1 aromatic rings. The summed E-state index contributed by atoms with van der Waals surface area (Å²) in [6.07, 6.45) is 0. The Balaban J connectivity index is 3.16. The average molecular weight is 309 g/mol. The molecule has 6 heteroatoms. The molecule has 1 rings (SSSR count). The maximum Gasteiger partial charge on any atom is 0.537 e. The molecule has 0 fully saturated rings. The molecule has 0 aliphatic heterocycles. The summed E-state index contributed by atoms with van der Waals surface area (Å²) in [6, 6.07) is 5.34. The van der Waals surface area contributed by atoms with Crippen LogP contribution in [0.25, 0.3) is 0 Å². The lowest BCUT2D eigenvalue weighted by atomic mass is 10.4. The van der Waals surface area contributed by atoms with Gasteiger partial charge in [-0.15, -0.1) is 0 Å². The normalized spacial score (nSPS) is 11.8. The smallest absolute Gasteiger partial charge is 0.370 e. The summed E-state index contributed by atoms with van der Waals surface area (Å²) in [5, 5.41) is 1.82. The third-order valence-electron chi connectivity index (χ3n) is 2.28. The van der Waals surface area contributed by atoms with Crippen molar-refractivity contribution in [2.75, 3.05) is 19.8 Å². The summed E-state index contributed by atoms with van der Waals surface area (Å²) in [7, 11) is -2.87. The van der Waals surface area contributed by atoms with Gasteiger partial charge in [0, 0.05) is 25.0 Å². The van der Waals surface area contributed by atoms with Crippen molar-refractivity contribution in [2.45, 2.75) is 20.8 Å². The minimum atomic E-state index is -2.87. The average Bonchev–Trinajstić information content (AvgIpc) is 2.33. The Kier molecular flexibility index (Phi) is 6.63. The number of benzene rings is 1. The van der Waals surface area contributed by atoms with Gasteiger partial charge in [-0.1, -0.05) is 29.3 Å². The summed E-state index contributed by atoms with van der Waals surface area (Å²) in [5.74, 6) is 0. The lowest BCUT2D eigenvalue weighted by molar-refractivity contribution is 0.0859. The Morgan fingerprint density at radius 2 is 1.39 bits per heavy atom. The molecule has 0 spiro atoms. The zero-order valence-corrected chi connectivity index (χ0v) is 13.3. The summed E-state index contributed by atoms with van der Waals surface area (Å²) in [4.78, 5) is 0. The highest BCUT2D eigenvalue weighted by Crippen LogP contribution is 2.22. The predicted octanol–water partition coefficient (Wildman–Crippen LogP) is 3.25. The molecule has 3 nitrogen and oxygen atoms in total. The largest absolute Gasteiger partial charge is 0.537 e. The van der Waals surface area contributed by atoms with Crippen molar-refractivity contribution in [3.63, 3.8) is 0 Å². The Morgan fingerprint density at radius 1 is 0.889 bits per heavy atom. The molecule has 0 bridgehead atoms. The van der Waals surface area contributed by atoms with Crippen molar-refractivity contribution >= 4 is 37.2 Å². The standard InChI is InChI=1S/C12H18Cl2O3Si/c1-4-15-18(16-5-2,17-6-3)10-7-8-11(13)12(14)9-10/h7-9H,4-6H2,1-3H3. The molecule has 0 N–H and O–H groups in total. The van der Waals surface area contributed by atoms with Gasteiger partial charge in [-0.2, -0.15) is 0 Å². The van der Waals surface area contributed by atoms with E-state index in [-0.39, 0.29) is 0 Å². The second-order valence-corrected chi connectivity index (χ2v) is 6.85. The number of halogens is 2. The highest BCUT2D eigenvalue weighted by Gasteiger charge is 2.43. The Labute approximate surface area is 119 Å². The second kappa shape index (κ2) is 7.48. The molecule has 0 aliphatic carbocycles. The van der Waals surface area contributed by atoms with E-state index in [1.165, 1.54) is 0 Å². The molecule has 0 unspecified atom stereocenters. The van der Waals surface area contributed by atoms with Gasteiger partial charge >= 0.3 is 8.80 Å². The first-order valence-corrected chi connectivity index (χ1v) is 8.45. The minimum absolute atomic E-state index is 0.477. The molecule has 1 aromatic carbocycles. The minimum Gasteiger partial charge on any atom is -0.370 e. The van der Waals surface area contributed by atoms with Gasteiger partial charge in [0.15, 0.2) is 0 Å². The third kappa shape index (κ3) is 3.70. The van der Waals surface area contributed by atoms with Gasteiger partial charge < -0.3 is 13.3 Å². The first kappa shape index (κ1) is 16.0. The zero-order chi connectivity index (χ0) is 13.6. The van der Waals surface area contributed by atoms with Crippen LogP contribution in [0.3, 0.4) is 0 Å². The van der Waals surface area contributed by atoms with E-state index in [9.17, 15) is 0 Å². The van der Waals surface area contributed by atoms with E-state index in [0.29, 0.717) is 29.9 Å². The lowest BCUT2D eigenvalue weighted by Crippen LogP contribution is -2.56. The first-order chi connectivity index (χ1) is 8.59. The fourth-order valence-electron chi connectivity index (χ4n) is 1.63. The van der Waals surface area contributed by atoms with Crippen LogP contribution in [-0.2, 0) is 13.3 Å². The Morgan fingerprint density at radius 3 is 1.78 bits per heavy atom. The molecule has 0 heterocycles. The monoisotopic (exact) mass is 308 g/mol. The van der Waals surface area contributed by atoms with Gasteiger partial charge in [0.05, 0.1) is 10.0 Å². The molecule has 0 atom stereocenters. The molecule has 0 amide bonds. The molecular weight excluding hydrogens is 291 g/mol. The highest BCUT2D eigenvalue weighted by atomic mass is 35.5. The molecule has 0 aromatic heterocycles. The maximum atomic E-state index is 6.04. The molecule has 0 saturated heterocycles. The van der Waals surface area contributed by atoms with Crippen molar-refractivity contribution in [1.82, 2.24) is 0 Å². The van der Waals surface area contributed by atoms with Crippen molar-refractivity contribution in [2.24, 2.45) is 0 Å². The van der Waals surface area contributed by atoms with Crippen LogP contribution < -0.4 is 5.19 Å². The SMILES string of the molecule is CCO[Si](OCC)(OCC)c1ccc(Cl)c(Cl)c1. The quantitative estimate of drug-likeness (QED) is 0.724. The van der Waals surface area contributed by atoms with Crippen LogP contribution in [0.2, 0.25) is 10.0 Å². The van der Waals surface area contributed by atoms with E-state index in [1.807, 2.05) is 26.8 Å². The predicted molar refractivity (Wildman–Crippen MR) is 76.7 cm³/mol. The van der Waals surface area contributed by atoms with Crippen LogP contribution in [0.4, 0.5) is 0 Å². The number of rotatable bonds is 7. The topological polar surface area (TPSA) is 27.7 Å². The molecule has 0 saturated carbocycles. The molecule has 0 aliphatic rings. The van der Waals surface area contributed by atoms with E-state index in [1.54, 1.807) is 12.1 Å². The van der Waals surface area contributed by atoms with Gasteiger partial charge in [0.25, 0.3) is 0 Å². The van der Waals surface area contributed by atoms with Gasteiger partial charge in [-0.25, -0.2) is 0 Å². The van der Waals surface area contributed by atoms with Gasteiger partial charge in [-0.05, 0) is 32.9 Å². The Hall–Kier alpha value is -0.103. The van der Waals surface area contributed by atoms with E-state index in [2.05, 4.69) is 0 Å². The van der Waals surface area contributed by atoms with E-state index >= 15 is 0 Å². The van der Waals surface area contributed by atoms with Crippen molar-refractivity contribution < 1.29 is 13.3 Å². The van der Waals surface area contributed by atoms with Crippen LogP contribution in [-0.4, -0.2) is 28.6 Å². The van der Waals surface area contributed by atoms with Crippen LogP contribution in [0.1, 0.15) is 20.8 Å². The summed E-state index contributed by atoms with van der Waals surface area (Å²) in [5.41, 5.74) is 0. The van der Waals surface area contributed by atoms with E-state index < -0.39 is 8.80 Å². The summed E-state index contributed by atoms with van der Waals surface area (Å²) < 4.78 is 17.4. The van der Waals surface area contributed by atoms with Crippen molar-refractivity contribution in [1.29, 1.82) is 0 Å². The van der Waals surface area contributed by atoms with Crippen LogP contribution >= 0.6 is 23.2 Å². The van der Waals surface area contributed by atoms with Crippen molar-refractivity contribution in [3.8, 4) is 0 Å².